The quantitative estimate of drug-likeness (QED) is 0.0805. The molecule has 2 unspecified atom stereocenters. The molecule has 0 spiro atoms. The van der Waals surface area contributed by atoms with Gasteiger partial charge in [-0.15, -0.1) is 0 Å². The summed E-state index contributed by atoms with van der Waals surface area (Å²) in [7, 11) is -0.211. The summed E-state index contributed by atoms with van der Waals surface area (Å²) in [5.41, 5.74) is 3.96. The van der Waals surface area contributed by atoms with Crippen molar-refractivity contribution in [3.63, 3.8) is 0 Å². The number of nitrogens with one attached hydrogen (secondary N) is 4. The lowest BCUT2D eigenvalue weighted by Crippen LogP contribution is -2.53. The Kier molecular flexibility index (Phi) is 12.0. The van der Waals surface area contributed by atoms with Crippen LogP contribution in [0.4, 0.5) is 13.6 Å². The molecule has 0 aliphatic carbocycles. The summed E-state index contributed by atoms with van der Waals surface area (Å²) in [6.07, 6.45) is 1.05. The number of aliphatic hydroxyl groups excluding tert-OH is 1. The van der Waals surface area contributed by atoms with Gasteiger partial charge >= 0.3 is 6.09 Å². The van der Waals surface area contributed by atoms with Crippen LogP contribution in [-0.2, 0) is 14.3 Å². The number of ether oxygens (including phenoxy) is 1. The van der Waals surface area contributed by atoms with Gasteiger partial charge in [0.1, 0.15) is 36.3 Å². The topological polar surface area (TPSA) is 169 Å². The number of rotatable bonds is 12. The number of imidazole rings is 2. The molecule has 13 nitrogen and oxygen atoms in total. The van der Waals surface area contributed by atoms with Crippen LogP contribution in [0.15, 0.2) is 54.7 Å². The van der Waals surface area contributed by atoms with Crippen LogP contribution < -0.4 is 10.6 Å². The molecule has 62 heavy (non-hydrogen) atoms. The number of likely N-dealkylation sites (tertiary alicyclic amines) is 2. The Hall–Kier alpha value is -5.19. The molecule has 2 aromatic heterocycles. The number of aliphatic hydroxyl groups is 1. The molecule has 3 aliphatic rings. The van der Waals surface area contributed by atoms with Crippen molar-refractivity contribution in [1.29, 1.82) is 0 Å². The minimum Gasteiger partial charge on any atom is -0.453 e. The van der Waals surface area contributed by atoms with Crippen LogP contribution in [0.2, 0.25) is 25.2 Å². The standard InChI is InChI=1S/C46H58F2N8O5Si/c1-24(2)36(50-40(58)21-57)20-55-19-30(47)17-37(55)44-51-34-13-10-27-14-26(8-12-32(27)42(34)53-44)31-11-9-28(15-33(31)48)35-18-49-43(52-35)38-16-29-22-62(6,7)23-39(29)56(38)45(59)41(25(3)4)54-46(60)61-5/h8-15,18,24-25,29-30,36-39,41,57H,16-17,19-23H2,1-7H3,(H,49,52)(H,50,58)(H,51,53)(H,54,60)/t29?,30-,36-,37+,38+,39?,41+/m1/s1. The van der Waals surface area contributed by atoms with Crippen molar-refractivity contribution < 1.29 is 33.0 Å². The first-order valence-corrected chi connectivity index (χ1v) is 25.2. The number of nitrogens with zero attached hydrogens (tertiary/aromatic N) is 4. The number of hydrogen-bond donors (Lipinski definition) is 5. The first-order chi connectivity index (χ1) is 29.5. The van der Waals surface area contributed by atoms with E-state index in [2.05, 4.69) is 33.7 Å². The molecule has 0 radical (unpaired) electrons. The fourth-order valence-corrected chi connectivity index (χ4v) is 14.0. The summed E-state index contributed by atoms with van der Waals surface area (Å²) in [5, 5.41) is 16.7. The molecule has 0 bridgehead atoms. The van der Waals surface area contributed by atoms with E-state index in [0.29, 0.717) is 46.5 Å². The number of methoxy groups -OCH3 is 1. The highest BCUT2D eigenvalue weighted by atomic mass is 28.3. The van der Waals surface area contributed by atoms with E-state index in [-0.39, 0.29) is 54.9 Å². The Labute approximate surface area is 361 Å². The first-order valence-electron chi connectivity index (χ1n) is 21.8. The first kappa shape index (κ1) is 43.5. The molecule has 3 aliphatic heterocycles. The highest BCUT2D eigenvalue weighted by Gasteiger charge is 2.54. The molecule has 3 saturated heterocycles. The number of benzene rings is 3. The molecular formula is C46H58F2N8O5Si. The smallest absolute Gasteiger partial charge is 0.407 e. The number of aromatic nitrogens is 4. The molecule has 7 atom stereocenters. The largest absolute Gasteiger partial charge is 0.453 e. The third kappa shape index (κ3) is 8.48. The number of aromatic amines is 2. The maximum absolute atomic E-state index is 16.1. The van der Waals surface area contributed by atoms with Crippen molar-refractivity contribution in [3.8, 4) is 22.4 Å². The lowest BCUT2D eigenvalue weighted by atomic mass is 9.98. The molecule has 3 aromatic carbocycles. The Balaban J connectivity index is 1.02. The fraction of sp³-hybridized carbons (Fsp3) is 0.500. The minimum absolute atomic E-state index is 0.0676. The third-order valence-corrected chi connectivity index (χ3v) is 16.5. The number of hydrogen-bond acceptors (Lipinski definition) is 8. The predicted octanol–water partition coefficient (Wildman–Crippen LogP) is 7.49. The van der Waals surface area contributed by atoms with Gasteiger partial charge in [0, 0.05) is 56.2 Å². The third-order valence-electron chi connectivity index (χ3n) is 13.4. The normalized spacial score (nSPS) is 23.4. The lowest BCUT2D eigenvalue weighted by molar-refractivity contribution is -0.137. The van der Waals surface area contributed by atoms with E-state index >= 15 is 4.39 Å². The Morgan fingerprint density at radius 3 is 2.44 bits per heavy atom. The average Bonchev–Trinajstić information content (AvgIpc) is 4.07. The second-order valence-electron chi connectivity index (χ2n) is 19.0. The molecule has 3 amide bonds. The summed E-state index contributed by atoms with van der Waals surface area (Å²) >= 11 is 0. The summed E-state index contributed by atoms with van der Waals surface area (Å²) in [6.45, 7) is 12.6. The zero-order valence-electron chi connectivity index (χ0n) is 36.5. The molecule has 16 heteroatoms. The van der Waals surface area contributed by atoms with Gasteiger partial charge in [-0.05, 0) is 59.4 Å². The van der Waals surface area contributed by atoms with Gasteiger partial charge in [-0.2, -0.15) is 0 Å². The number of carbonyl (C=O) groups excluding carboxylic acids is 3. The summed E-state index contributed by atoms with van der Waals surface area (Å²) in [5.74, 6) is 0.554. The van der Waals surface area contributed by atoms with E-state index in [4.69, 9.17) is 14.7 Å². The van der Waals surface area contributed by atoms with Crippen LogP contribution in [0.25, 0.3) is 44.2 Å². The van der Waals surface area contributed by atoms with Gasteiger partial charge in [0.25, 0.3) is 0 Å². The van der Waals surface area contributed by atoms with Crippen molar-refractivity contribution in [3.05, 3.63) is 72.2 Å². The molecule has 5 aromatic rings. The van der Waals surface area contributed by atoms with E-state index in [1.807, 2.05) is 73.9 Å². The molecule has 0 saturated carbocycles. The maximum atomic E-state index is 16.1. The summed E-state index contributed by atoms with van der Waals surface area (Å²) < 4.78 is 35.9. The van der Waals surface area contributed by atoms with Crippen molar-refractivity contribution in [2.75, 3.05) is 26.8 Å². The van der Waals surface area contributed by atoms with Gasteiger partial charge in [-0.1, -0.05) is 77.2 Å². The van der Waals surface area contributed by atoms with Gasteiger partial charge < -0.3 is 35.3 Å². The number of alkyl carbamates (subject to hydrolysis) is 1. The van der Waals surface area contributed by atoms with Crippen LogP contribution in [0.5, 0.6) is 0 Å². The van der Waals surface area contributed by atoms with Gasteiger partial charge in [0.15, 0.2) is 0 Å². The molecule has 5 N–H and O–H groups in total. The summed E-state index contributed by atoms with van der Waals surface area (Å²) in [4.78, 5) is 59.2. The molecule has 5 heterocycles. The van der Waals surface area contributed by atoms with Gasteiger partial charge in [-0.3, -0.25) is 14.5 Å². The molecule has 3 fully saturated rings. The monoisotopic (exact) mass is 868 g/mol. The Morgan fingerprint density at radius 1 is 0.952 bits per heavy atom. The zero-order valence-corrected chi connectivity index (χ0v) is 37.5. The molecule has 8 rings (SSSR count). The highest BCUT2D eigenvalue weighted by molar-refractivity contribution is 6.78. The van der Waals surface area contributed by atoms with Gasteiger partial charge in [-0.25, -0.2) is 23.5 Å². The minimum atomic E-state index is -1.50. The van der Waals surface area contributed by atoms with Crippen LogP contribution in [-0.4, -0.2) is 112 Å². The van der Waals surface area contributed by atoms with Crippen LogP contribution in [0.3, 0.4) is 0 Å². The Morgan fingerprint density at radius 2 is 1.73 bits per heavy atom. The number of carbonyl (C=O) groups is 3. The fourth-order valence-electron chi connectivity index (χ4n) is 10.3. The second kappa shape index (κ2) is 17.2. The van der Waals surface area contributed by atoms with E-state index in [9.17, 15) is 23.9 Å². The Bertz CT molecular complexity index is 2490. The number of H-pyrrole nitrogens is 2. The SMILES string of the molecule is COC(=O)N[C@H](C(=O)N1C2C[Si](C)(C)CC2C[C@H]1c1ncc(-c2ccc(-c3ccc4c(ccc5nc([C@@H]6C[C@@H](F)CN6C[C@@H](NC(=O)CO)C(C)C)[nH]c54)c3)c(F)c2)[nH]1)C(C)C. The number of amides is 3. The van der Waals surface area contributed by atoms with E-state index in [1.54, 1.807) is 12.3 Å². The second-order valence-corrected chi connectivity index (χ2v) is 24.2. The zero-order chi connectivity index (χ0) is 44.2. The number of halogens is 2. The van der Waals surface area contributed by atoms with E-state index < -0.39 is 44.7 Å². The van der Waals surface area contributed by atoms with Crippen LogP contribution >= 0.6 is 0 Å². The van der Waals surface area contributed by atoms with E-state index in [0.717, 1.165) is 40.3 Å². The summed E-state index contributed by atoms with van der Waals surface area (Å²) in [6, 6.07) is 15.3. The molecule has 330 valence electrons. The van der Waals surface area contributed by atoms with E-state index in [1.165, 1.54) is 13.2 Å². The van der Waals surface area contributed by atoms with Gasteiger partial charge in [0.05, 0.1) is 42.1 Å². The highest BCUT2D eigenvalue weighted by Crippen LogP contribution is 2.51. The number of fused-ring (bicyclic) bond motifs is 4. The predicted molar refractivity (Wildman–Crippen MR) is 237 cm³/mol. The van der Waals surface area contributed by atoms with Crippen molar-refractivity contribution in [2.45, 2.75) is 102 Å². The van der Waals surface area contributed by atoms with Crippen LogP contribution in [0, 0.1) is 23.6 Å². The average molecular weight is 869 g/mol. The molecular weight excluding hydrogens is 811 g/mol. The lowest BCUT2D eigenvalue weighted by Gasteiger charge is -2.34. The van der Waals surface area contributed by atoms with Crippen molar-refractivity contribution in [1.82, 2.24) is 40.4 Å². The van der Waals surface area contributed by atoms with Crippen LogP contribution in [0.1, 0.15) is 64.3 Å². The number of alkyl halides is 1. The van der Waals surface area contributed by atoms with Crippen molar-refractivity contribution in [2.24, 2.45) is 17.8 Å². The van der Waals surface area contributed by atoms with Crippen molar-refractivity contribution >= 4 is 47.8 Å². The van der Waals surface area contributed by atoms with Gasteiger partial charge in [0.2, 0.25) is 11.8 Å². The maximum Gasteiger partial charge on any atom is 0.407 e.